The number of aldehydes is 1. The maximum atomic E-state index is 11.9. The fraction of sp³-hybridized carbons (Fsp3) is 0.417. The molecule has 1 aromatic carbocycles. The third-order valence-electron chi connectivity index (χ3n) is 2.55. The molecule has 0 saturated carbocycles. The molecule has 16 heavy (non-hydrogen) atoms. The summed E-state index contributed by atoms with van der Waals surface area (Å²) in [7, 11) is -3.35. The summed E-state index contributed by atoms with van der Waals surface area (Å²) in [6, 6.07) is 8.23. The maximum absolute atomic E-state index is 11.9. The molecule has 0 N–H and O–H groups in total. The van der Waals surface area contributed by atoms with Crippen LogP contribution >= 0.6 is 0 Å². The van der Waals surface area contributed by atoms with Gasteiger partial charge in [0.25, 0.3) is 0 Å². The Bertz CT molecular complexity index is 435. The first-order valence-electron chi connectivity index (χ1n) is 5.20. The van der Waals surface area contributed by atoms with Crippen molar-refractivity contribution in [2.75, 3.05) is 5.75 Å². The smallest absolute Gasteiger partial charge is 0.179 e. The van der Waals surface area contributed by atoms with Gasteiger partial charge in [0, 0.05) is 5.92 Å². The second-order valence-electron chi connectivity index (χ2n) is 4.14. The second kappa shape index (κ2) is 5.25. The molecule has 88 valence electrons. The molecule has 1 rings (SSSR count). The second-order valence-corrected chi connectivity index (χ2v) is 6.17. The molecule has 0 fully saturated rings. The average molecular weight is 240 g/mol. The Morgan fingerprint density at radius 3 is 2.19 bits per heavy atom. The van der Waals surface area contributed by atoms with Crippen molar-refractivity contribution >= 4 is 16.1 Å². The highest BCUT2D eigenvalue weighted by molar-refractivity contribution is 7.91. The number of hydrogen-bond acceptors (Lipinski definition) is 3. The van der Waals surface area contributed by atoms with E-state index in [0.29, 0.717) is 0 Å². The summed E-state index contributed by atoms with van der Waals surface area (Å²) in [6.45, 7) is 3.69. The van der Waals surface area contributed by atoms with Crippen LogP contribution in [0.4, 0.5) is 0 Å². The Morgan fingerprint density at radius 1 is 1.19 bits per heavy atom. The van der Waals surface area contributed by atoms with Gasteiger partial charge in [0.15, 0.2) is 9.84 Å². The van der Waals surface area contributed by atoms with E-state index in [9.17, 15) is 13.2 Å². The fourth-order valence-electron chi connectivity index (χ4n) is 1.37. The first-order valence-corrected chi connectivity index (χ1v) is 6.85. The lowest BCUT2D eigenvalue weighted by Crippen LogP contribution is -2.22. The van der Waals surface area contributed by atoms with E-state index in [0.717, 1.165) is 6.29 Å². The summed E-state index contributed by atoms with van der Waals surface area (Å²) in [5.74, 6) is -0.515. The Kier molecular flexibility index (Phi) is 4.24. The zero-order chi connectivity index (χ0) is 12.2. The van der Waals surface area contributed by atoms with E-state index in [2.05, 4.69) is 0 Å². The molecule has 0 saturated heterocycles. The van der Waals surface area contributed by atoms with Crippen molar-refractivity contribution in [1.82, 2.24) is 0 Å². The van der Waals surface area contributed by atoms with Crippen LogP contribution in [0.2, 0.25) is 0 Å². The number of benzene rings is 1. The number of carbonyl (C=O) groups is 1. The minimum atomic E-state index is -3.35. The summed E-state index contributed by atoms with van der Waals surface area (Å²) in [6.07, 6.45) is 0.727. The highest BCUT2D eigenvalue weighted by atomic mass is 32.2. The molecule has 0 bridgehead atoms. The van der Waals surface area contributed by atoms with Crippen molar-refractivity contribution in [2.24, 2.45) is 11.8 Å². The van der Waals surface area contributed by atoms with Crippen molar-refractivity contribution in [1.29, 1.82) is 0 Å². The zero-order valence-corrected chi connectivity index (χ0v) is 10.3. The quantitative estimate of drug-likeness (QED) is 0.739. The first kappa shape index (κ1) is 12.9. The predicted octanol–water partition coefficient (Wildman–Crippen LogP) is 1.93. The molecule has 0 aliphatic heterocycles. The van der Waals surface area contributed by atoms with Crippen LogP contribution in [0.25, 0.3) is 0 Å². The minimum absolute atomic E-state index is 0.0380. The molecule has 3 nitrogen and oxygen atoms in total. The Balaban J connectivity index is 2.92. The normalized spacial score (nSPS) is 13.7. The van der Waals surface area contributed by atoms with Crippen LogP contribution in [0, 0.1) is 11.8 Å². The van der Waals surface area contributed by atoms with Crippen LogP contribution in [0.5, 0.6) is 0 Å². The van der Waals surface area contributed by atoms with Gasteiger partial charge in [0.2, 0.25) is 0 Å². The lowest BCUT2D eigenvalue weighted by atomic mass is 10.0. The number of rotatable bonds is 5. The van der Waals surface area contributed by atoms with Gasteiger partial charge in [-0.2, -0.15) is 0 Å². The summed E-state index contributed by atoms with van der Waals surface area (Å²) < 4.78 is 23.9. The van der Waals surface area contributed by atoms with E-state index >= 15 is 0 Å². The molecular weight excluding hydrogens is 224 g/mol. The van der Waals surface area contributed by atoms with E-state index in [1.807, 2.05) is 13.8 Å². The number of hydrogen-bond donors (Lipinski definition) is 0. The van der Waals surface area contributed by atoms with Crippen molar-refractivity contribution < 1.29 is 13.2 Å². The van der Waals surface area contributed by atoms with Gasteiger partial charge in [-0.1, -0.05) is 32.0 Å². The summed E-state index contributed by atoms with van der Waals surface area (Å²) >= 11 is 0. The van der Waals surface area contributed by atoms with Crippen molar-refractivity contribution in [3.63, 3.8) is 0 Å². The van der Waals surface area contributed by atoms with Gasteiger partial charge in [-0.15, -0.1) is 0 Å². The van der Waals surface area contributed by atoms with Gasteiger partial charge >= 0.3 is 0 Å². The van der Waals surface area contributed by atoms with E-state index in [4.69, 9.17) is 0 Å². The third kappa shape index (κ3) is 3.17. The van der Waals surface area contributed by atoms with Crippen LogP contribution < -0.4 is 0 Å². The van der Waals surface area contributed by atoms with Crippen LogP contribution in [-0.4, -0.2) is 20.5 Å². The van der Waals surface area contributed by atoms with Gasteiger partial charge in [-0.3, -0.25) is 0 Å². The number of sulfone groups is 1. The highest BCUT2D eigenvalue weighted by Crippen LogP contribution is 2.17. The van der Waals surface area contributed by atoms with Gasteiger partial charge in [0.1, 0.15) is 6.29 Å². The van der Waals surface area contributed by atoms with Gasteiger partial charge < -0.3 is 4.79 Å². The highest BCUT2D eigenvalue weighted by Gasteiger charge is 2.22. The molecule has 1 aromatic rings. The molecule has 0 heterocycles. The van der Waals surface area contributed by atoms with E-state index in [1.165, 1.54) is 0 Å². The molecule has 1 atom stereocenters. The Labute approximate surface area is 96.4 Å². The topological polar surface area (TPSA) is 51.2 Å². The molecule has 0 aliphatic carbocycles. The van der Waals surface area contributed by atoms with Crippen LogP contribution in [0.15, 0.2) is 35.2 Å². The van der Waals surface area contributed by atoms with Crippen molar-refractivity contribution in [3.8, 4) is 0 Å². The lowest BCUT2D eigenvalue weighted by molar-refractivity contribution is -0.111. The van der Waals surface area contributed by atoms with Gasteiger partial charge in [-0.05, 0) is 18.1 Å². The number of carbonyl (C=O) groups excluding carboxylic acids is 1. The largest absolute Gasteiger partial charge is 0.303 e. The maximum Gasteiger partial charge on any atom is 0.179 e. The van der Waals surface area contributed by atoms with E-state index in [1.54, 1.807) is 30.3 Å². The minimum Gasteiger partial charge on any atom is -0.303 e. The van der Waals surface area contributed by atoms with Crippen molar-refractivity contribution in [2.45, 2.75) is 18.7 Å². The van der Waals surface area contributed by atoms with Crippen LogP contribution in [0.3, 0.4) is 0 Å². The zero-order valence-electron chi connectivity index (χ0n) is 9.46. The Hall–Kier alpha value is -1.16. The molecular formula is C12H16O3S. The van der Waals surface area contributed by atoms with Crippen LogP contribution in [0.1, 0.15) is 13.8 Å². The SMILES string of the molecule is CC(C)C(C=O)CS(=O)(=O)c1ccccc1. The third-order valence-corrected chi connectivity index (χ3v) is 4.36. The molecule has 0 amide bonds. The molecule has 0 aliphatic rings. The monoisotopic (exact) mass is 240 g/mol. The summed E-state index contributed by atoms with van der Waals surface area (Å²) in [5, 5.41) is 0. The molecule has 0 spiro atoms. The van der Waals surface area contributed by atoms with Gasteiger partial charge in [-0.25, -0.2) is 8.42 Å². The predicted molar refractivity (Wildman–Crippen MR) is 62.9 cm³/mol. The first-order chi connectivity index (χ1) is 7.47. The van der Waals surface area contributed by atoms with E-state index in [-0.39, 0.29) is 16.6 Å². The lowest BCUT2D eigenvalue weighted by Gasteiger charge is -2.14. The van der Waals surface area contributed by atoms with Crippen molar-refractivity contribution in [3.05, 3.63) is 30.3 Å². The fourth-order valence-corrected chi connectivity index (χ4v) is 3.10. The summed E-state index contributed by atoms with van der Waals surface area (Å²) in [4.78, 5) is 11.1. The molecule has 1 unspecified atom stereocenters. The standard InChI is InChI=1S/C12H16O3S/c1-10(2)11(8-13)9-16(14,15)12-6-4-3-5-7-12/h3-8,10-11H,9H2,1-2H3. The average Bonchev–Trinajstić information content (AvgIpc) is 2.27. The molecule has 4 heteroatoms. The molecule has 0 aromatic heterocycles. The summed E-state index contributed by atoms with van der Waals surface area (Å²) in [5.41, 5.74) is 0. The Morgan fingerprint density at radius 2 is 1.75 bits per heavy atom. The van der Waals surface area contributed by atoms with Gasteiger partial charge in [0.05, 0.1) is 10.6 Å². The molecule has 0 radical (unpaired) electrons. The van der Waals surface area contributed by atoms with Crippen LogP contribution in [-0.2, 0) is 14.6 Å². The van der Waals surface area contributed by atoms with E-state index < -0.39 is 15.8 Å².